The Morgan fingerprint density at radius 2 is 1.88 bits per heavy atom. The summed E-state index contributed by atoms with van der Waals surface area (Å²) in [7, 11) is 0. The fourth-order valence-corrected chi connectivity index (χ4v) is 4.20. The van der Waals surface area contributed by atoms with Crippen LogP contribution in [0.1, 0.15) is 31.2 Å². The lowest BCUT2D eigenvalue weighted by Gasteiger charge is -2.39. The zero-order chi connectivity index (χ0) is 17.7. The normalized spacial score (nSPS) is 21.8. The summed E-state index contributed by atoms with van der Waals surface area (Å²) in [6, 6.07) is 10.4. The summed E-state index contributed by atoms with van der Waals surface area (Å²) in [6.45, 7) is 3.89. The standard InChI is InChI=1S/C20H30N2O3/c23-15-18(24)14-21-11-8-20(9-12-21)13-19(25)22(16-20)10-4-7-17-5-2-1-3-6-17/h1-3,5-6,18,23-24H,4,7-16H2/t18-/m1/s1. The molecule has 5 heteroatoms. The van der Waals surface area contributed by atoms with Gasteiger partial charge in [0.1, 0.15) is 0 Å². The van der Waals surface area contributed by atoms with Crippen LogP contribution in [0.4, 0.5) is 0 Å². The predicted molar refractivity (Wildman–Crippen MR) is 97.2 cm³/mol. The van der Waals surface area contributed by atoms with Gasteiger partial charge in [-0.25, -0.2) is 0 Å². The van der Waals surface area contributed by atoms with E-state index in [9.17, 15) is 9.90 Å². The third-order valence-electron chi connectivity index (χ3n) is 5.74. The van der Waals surface area contributed by atoms with E-state index in [0.717, 1.165) is 51.9 Å². The number of carbonyl (C=O) groups is 1. The van der Waals surface area contributed by atoms with Gasteiger partial charge in [0.05, 0.1) is 12.7 Å². The molecule has 25 heavy (non-hydrogen) atoms. The first kappa shape index (κ1) is 18.4. The summed E-state index contributed by atoms with van der Waals surface area (Å²) in [5.41, 5.74) is 1.46. The Morgan fingerprint density at radius 3 is 2.56 bits per heavy atom. The van der Waals surface area contributed by atoms with Crippen LogP contribution in [0.2, 0.25) is 0 Å². The second-order valence-electron chi connectivity index (χ2n) is 7.72. The van der Waals surface area contributed by atoms with E-state index in [1.165, 1.54) is 5.56 Å². The zero-order valence-electron chi connectivity index (χ0n) is 14.9. The topological polar surface area (TPSA) is 64.0 Å². The van der Waals surface area contributed by atoms with Crippen LogP contribution in [0, 0.1) is 5.41 Å². The summed E-state index contributed by atoms with van der Waals surface area (Å²) in [5, 5.41) is 18.6. The molecule has 0 aliphatic carbocycles. The monoisotopic (exact) mass is 346 g/mol. The van der Waals surface area contributed by atoms with Gasteiger partial charge in [0.25, 0.3) is 0 Å². The minimum atomic E-state index is -0.659. The highest BCUT2D eigenvalue weighted by molar-refractivity contribution is 5.79. The van der Waals surface area contributed by atoms with Crippen molar-refractivity contribution in [2.45, 2.75) is 38.2 Å². The van der Waals surface area contributed by atoms with E-state index in [1.807, 2.05) is 6.07 Å². The number of nitrogens with zero attached hydrogens (tertiary/aromatic N) is 2. The maximum atomic E-state index is 12.4. The first-order valence-corrected chi connectivity index (χ1v) is 9.43. The highest BCUT2D eigenvalue weighted by Crippen LogP contribution is 2.41. The van der Waals surface area contributed by atoms with Crippen LogP contribution in [-0.4, -0.2) is 71.4 Å². The first-order chi connectivity index (χ1) is 12.1. The largest absolute Gasteiger partial charge is 0.394 e. The number of hydrogen-bond donors (Lipinski definition) is 2. The Labute approximate surface area is 150 Å². The van der Waals surface area contributed by atoms with E-state index in [2.05, 4.69) is 34.1 Å². The Kier molecular flexibility index (Phi) is 6.10. The third kappa shape index (κ3) is 4.81. The van der Waals surface area contributed by atoms with Gasteiger partial charge in [-0.15, -0.1) is 0 Å². The molecule has 1 aromatic rings. The Hall–Kier alpha value is -1.43. The van der Waals surface area contributed by atoms with Crippen LogP contribution in [0.5, 0.6) is 0 Å². The van der Waals surface area contributed by atoms with Crippen molar-refractivity contribution in [2.75, 3.05) is 39.3 Å². The van der Waals surface area contributed by atoms with Gasteiger partial charge in [0, 0.05) is 26.1 Å². The van der Waals surface area contributed by atoms with Gasteiger partial charge in [0.2, 0.25) is 5.91 Å². The summed E-state index contributed by atoms with van der Waals surface area (Å²) >= 11 is 0. The number of benzene rings is 1. The van der Waals surface area contributed by atoms with Crippen LogP contribution in [-0.2, 0) is 11.2 Å². The second-order valence-corrected chi connectivity index (χ2v) is 7.72. The molecule has 138 valence electrons. The number of hydrogen-bond acceptors (Lipinski definition) is 4. The van der Waals surface area contributed by atoms with Crippen LogP contribution in [0.3, 0.4) is 0 Å². The molecule has 1 amide bonds. The van der Waals surface area contributed by atoms with Crippen molar-refractivity contribution in [1.29, 1.82) is 0 Å². The van der Waals surface area contributed by atoms with Crippen molar-refractivity contribution in [3.63, 3.8) is 0 Å². The van der Waals surface area contributed by atoms with E-state index in [4.69, 9.17) is 5.11 Å². The van der Waals surface area contributed by atoms with Gasteiger partial charge in [-0.05, 0) is 49.8 Å². The minimum absolute atomic E-state index is 0.129. The van der Waals surface area contributed by atoms with Gasteiger partial charge in [-0.2, -0.15) is 0 Å². The lowest BCUT2D eigenvalue weighted by atomic mass is 9.77. The number of aliphatic hydroxyl groups excluding tert-OH is 2. The maximum absolute atomic E-state index is 12.4. The van der Waals surface area contributed by atoms with Gasteiger partial charge in [-0.3, -0.25) is 4.79 Å². The lowest BCUT2D eigenvalue weighted by molar-refractivity contribution is -0.127. The Morgan fingerprint density at radius 1 is 1.16 bits per heavy atom. The number of amides is 1. The van der Waals surface area contributed by atoms with Gasteiger partial charge >= 0.3 is 0 Å². The molecule has 5 nitrogen and oxygen atoms in total. The molecule has 1 spiro atoms. The lowest BCUT2D eigenvalue weighted by Crippen LogP contribution is -2.44. The van der Waals surface area contributed by atoms with Crippen molar-refractivity contribution in [3.8, 4) is 0 Å². The van der Waals surface area contributed by atoms with Gasteiger partial charge in [0.15, 0.2) is 0 Å². The molecule has 0 radical (unpaired) electrons. The van der Waals surface area contributed by atoms with E-state index < -0.39 is 6.10 Å². The van der Waals surface area contributed by atoms with E-state index in [0.29, 0.717) is 18.9 Å². The summed E-state index contributed by atoms with van der Waals surface area (Å²) in [6.07, 6.45) is 4.06. The minimum Gasteiger partial charge on any atom is -0.394 e. The molecule has 2 N–H and O–H groups in total. The SMILES string of the molecule is O=C1CC2(CCN(C[C@@H](O)CO)CC2)CN1CCCc1ccccc1. The number of likely N-dealkylation sites (tertiary alicyclic amines) is 2. The number of aryl methyl sites for hydroxylation is 1. The molecule has 2 aliphatic heterocycles. The molecule has 2 saturated heterocycles. The molecule has 1 atom stereocenters. The number of carbonyl (C=O) groups excluding carboxylic acids is 1. The predicted octanol–water partition coefficient (Wildman–Crippen LogP) is 1.29. The molecule has 0 saturated carbocycles. The smallest absolute Gasteiger partial charge is 0.223 e. The van der Waals surface area contributed by atoms with Crippen LogP contribution in [0.15, 0.2) is 30.3 Å². The second kappa shape index (κ2) is 8.30. The zero-order valence-corrected chi connectivity index (χ0v) is 14.9. The van der Waals surface area contributed by atoms with Gasteiger partial charge < -0.3 is 20.0 Å². The molecule has 0 unspecified atom stereocenters. The Balaban J connectivity index is 1.44. The average Bonchev–Trinajstić information content (AvgIpc) is 2.93. The first-order valence-electron chi connectivity index (χ1n) is 9.43. The van der Waals surface area contributed by atoms with Crippen molar-refractivity contribution < 1.29 is 15.0 Å². The molecule has 2 fully saturated rings. The van der Waals surface area contributed by atoms with Crippen molar-refractivity contribution in [2.24, 2.45) is 5.41 Å². The van der Waals surface area contributed by atoms with Crippen molar-refractivity contribution >= 4 is 5.91 Å². The molecular weight excluding hydrogens is 316 g/mol. The van der Waals surface area contributed by atoms with Crippen molar-refractivity contribution in [1.82, 2.24) is 9.80 Å². The molecule has 0 aromatic heterocycles. The molecule has 1 aromatic carbocycles. The molecule has 2 aliphatic rings. The molecule has 2 heterocycles. The molecule has 0 bridgehead atoms. The van der Waals surface area contributed by atoms with Gasteiger partial charge in [-0.1, -0.05) is 30.3 Å². The summed E-state index contributed by atoms with van der Waals surface area (Å²) in [4.78, 5) is 16.7. The summed E-state index contributed by atoms with van der Waals surface area (Å²) < 4.78 is 0. The van der Waals surface area contributed by atoms with E-state index >= 15 is 0 Å². The highest BCUT2D eigenvalue weighted by atomic mass is 16.3. The average molecular weight is 346 g/mol. The van der Waals surface area contributed by atoms with Crippen LogP contribution < -0.4 is 0 Å². The summed E-state index contributed by atoms with van der Waals surface area (Å²) in [5.74, 6) is 0.303. The maximum Gasteiger partial charge on any atom is 0.223 e. The highest BCUT2D eigenvalue weighted by Gasteiger charge is 2.44. The Bertz CT molecular complexity index is 555. The van der Waals surface area contributed by atoms with E-state index in [-0.39, 0.29) is 12.0 Å². The number of piperidine rings is 1. The number of rotatable bonds is 7. The quantitative estimate of drug-likeness (QED) is 0.781. The molecular formula is C20H30N2O3. The van der Waals surface area contributed by atoms with E-state index in [1.54, 1.807) is 0 Å². The van der Waals surface area contributed by atoms with Crippen LogP contribution in [0.25, 0.3) is 0 Å². The molecule has 3 rings (SSSR count). The third-order valence-corrected chi connectivity index (χ3v) is 5.74. The fourth-order valence-electron chi connectivity index (χ4n) is 4.20. The number of aliphatic hydroxyl groups is 2. The van der Waals surface area contributed by atoms with Crippen LogP contribution >= 0.6 is 0 Å². The number of β-amino-alcohol motifs (C(OH)–C–C–N with tert-alkyl or cyclic N) is 1. The fraction of sp³-hybridized carbons (Fsp3) is 0.650. The van der Waals surface area contributed by atoms with Crippen molar-refractivity contribution in [3.05, 3.63) is 35.9 Å².